The van der Waals surface area contributed by atoms with Gasteiger partial charge in [-0.3, -0.25) is 0 Å². The Morgan fingerprint density at radius 3 is 2.82 bits per heavy atom. The summed E-state index contributed by atoms with van der Waals surface area (Å²) >= 11 is 8.02. The van der Waals surface area contributed by atoms with E-state index in [0.29, 0.717) is 5.13 Å². The van der Waals surface area contributed by atoms with E-state index in [4.69, 9.17) is 5.11 Å². The zero-order valence-corrected chi connectivity index (χ0v) is 12.3. The summed E-state index contributed by atoms with van der Waals surface area (Å²) in [4.78, 5) is 14.6. The maximum atomic E-state index is 10.7. The molecule has 0 aliphatic carbocycles. The molecule has 2 N–H and O–H groups in total. The number of carbonyl (C=O) groups is 1. The van der Waals surface area contributed by atoms with Crippen LogP contribution >= 0.6 is 43.2 Å². The van der Waals surface area contributed by atoms with Crippen molar-refractivity contribution in [3.05, 3.63) is 38.2 Å². The average molecular weight is 378 g/mol. The average Bonchev–Trinajstić information content (AvgIpc) is 2.72. The van der Waals surface area contributed by atoms with Crippen LogP contribution in [-0.2, 0) is 0 Å². The van der Waals surface area contributed by atoms with Gasteiger partial charge in [0.25, 0.3) is 0 Å². The van der Waals surface area contributed by atoms with E-state index in [0.717, 1.165) is 14.6 Å². The van der Waals surface area contributed by atoms with Crippen molar-refractivity contribution in [3.8, 4) is 0 Å². The summed E-state index contributed by atoms with van der Waals surface area (Å²) in [7, 11) is 0. The van der Waals surface area contributed by atoms with Crippen molar-refractivity contribution < 1.29 is 9.90 Å². The number of rotatable bonds is 3. The van der Waals surface area contributed by atoms with E-state index in [1.807, 2.05) is 18.2 Å². The molecular weight excluding hydrogens is 372 g/mol. The molecule has 0 spiro atoms. The Morgan fingerprint density at radius 2 is 2.18 bits per heavy atom. The molecule has 0 saturated heterocycles. The Labute approximate surface area is 118 Å². The molecule has 2 aromatic rings. The summed E-state index contributed by atoms with van der Waals surface area (Å²) in [5.41, 5.74) is 0.870. The first-order valence-corrected chi connectivity index (χ1v) is 6.94. The monoisotopic (exact) mass is 376 g/mol. The van der Waals surface area contributed by atoms with E-state index < -0.39 is 5.97 Å². The van der Waals surface area contributed by atoms with Crippen LogP contribution in [0.15, 0.2) is 32.5 Å². The summed E-state index contributed by atoms with van der Waals surface area (Å²) in [6, 6.07) is 5.67. The van der Waals surface area contributed by atoms with Crippen LogP contribution in [0.2, 0.25) is 0 Å². The predicted octanol–water partition coefficient (Wildman–Crippen LogP) is 4.11. The Hall–Kier alpha value is -0.920. The lowest BCUT2D eigenvalue weighted by Gasteiger charge is -2.05. The van der Waals surface area contributed by atoms with Gasteiger partial charge in [0.15, 0.2) is 10.8 Å². The van der Waals surface area contributed by atoms with E-state index in [2.05, 4.69) is 42.2 Å². The second kappa shape index (κ2) is 5.16. The van der Waals surface area contributed by atoms with Crippen LogP contribution in [0, 0.1) is 0 Å². The van der Waals surface area contributed by atoms with Gasteiger partial charge in [0.1, 0.15) is 0 Å². The van der Waals surface area contributed by atoms with Crippen molar-refractivity contribution >= 4 is 60.0 Å². The van der Waals surface area contributed by atoms with E-state index in [1.165, 1.54) is 16.7 Å². The molecule has 0 saturated carbocycles. The van der Waals surface area contributed by atoms with Gasteiger partial charge >= 0.3 is 5.97 Å². The van der Waals surface area contributed by atoms with Gasteiger partial charge in [-0.05, 0) is 34.1 Å². The van der Waals surface area contributed by atoms with Gasteiger partial charge in [-0.15, -0.1) is 11.3 Å². The maximum Gasteiger partial charge on any atom is 0.355 e. The smallest absolute Gasteiger partial charge is 0.355 e. The third-order valence-corrected chi connectivity index (χ3v) is 3.84. The molecule has 2 rings (SSSR count). The number of benzene rings is 1. The van der Waals surface area contributed by atoms with E-state index >= 15 is 0 Å². The topological polar surface area (TPSA) is 62.2 Å². The largest absolute Gasteiger partial charge is 0.476 e. The fraction of sp³-hybridized carbons (Fsp3) is 0. The number of anilines is 2. The standard InChI is InChI=1S/C10H6Br2N2O2S/c11-5-1-2-6(12)7(3-5)13-10-14-8(4-17-10)9(15)16/h1-4H,(H,13,14)(H,15,16). The molecule has 0 aliphatic heterocycles. The summed E-state index contributed by atoms with van der Waals surface area (Å²) in [6.07, 6.45) is 0. The Bertz CT molecular complexity index is 571. The first-order chi connectivity index (χ1) is 8.06. The van der Waals surface area contributed by atoms with Gasteiger partial charge in [0, 0.05) is 14.3 Å². The van der Waals surface area contributed by atoms with Crippen LogP contribution in [-0.4, -0.2) is 16.1 Å². The highest BCUT2D eigenvalue weighted by Gasteiger charge is 2.09. The number of aromatic nitrogens is 1. The van der Waals surface area contributed by atoms with Crippen LogP contribution in [0.25, 0.3) is 0 Å². The minimum absolute atomic E-state index is 0.0450. The molecule has 0 bridgehead atoms. The molecule has 1 aromatic carbocycles. The highest BCUT2D eigenvalue weighted by molar-refractivity contribution is 9.11. The quantitative estimate of drug-likeness (QED) is 0.844. The van der Waals surface area contributed by atoms with Crippen LogP contribution in [0.1, 0.15) is 10.5 Å². The number of thiazole rings is 1. The minimum atomic E-state index is -1.03. The van der Waals surface area contributed by atoms with Gasteiger partial charge in [0.2, 0.25) is 0 Å². The molecule has 1 aromatic heterocycles. The number of hydrogen-bond acceptors (Lipinski definition) is 4. The summed E-state index contributed by atoms with van der Waals surface area (Å²) < 4.78 is 1.81. The molecule has 0 atom stereocenters. The number of carboxylic acids is 1. The lowest BCUT2D eigenvalue weighted by atomic mass is 10.3. The zero-order chi connectivity index (χ0) is 12.4. The molecule has 4 nitrogen and oxygen atoms in total. The lowest BCUT2D eigenvalue weighted by molar-refractivity contribution is 0.0691. The Kier molecular flexibility index (Phi) is 3.80. The summed E-state index contributed by atoms with van der Waals surface area (Å²) in [5, 5.41) is 13.9. The van der Waals surface area contributed by atoms with E-state index in [-0.39, 0.29) is 5.69 Å². The molecule has 0 fully saturated rings. The second-order valence-corrected chi connectivity index (χ2v) is 5.72. The number of carboxylic acid groups (broad SMARTS) is 1. The van der Waals surface area contributed by atoms with Gasteiger partial charge in [-0.1, -0.05) is 15.9 Å². The van der Waals surface area contributed by atoms with Crippen LogP contribution in [0.5, 0.6) is 0 Å². The van der Waals surface area contributed by atoms with E-state index in [1.54, 1.807) is 0 Å². The summed E-state index contributed by atoms with van der Waals surface area (Å²) in [5.74, 6) is -1.03. The van der Waals surface area contributed by atoms with Crippen molar-refractivity contribution in [2.45, 2.75) is 0 Å². The molecule has 88 valence electrons. The van der Waals surface area contributed by atoms with Gasteiger partial charge in [0.05, 0.1) is 5.69 Å². The molecule has 7 heteroatoms. The Balaban J connectivity index is 2.25. The molecule has 0 amide bonds. The molecule has 17 heavy (non-hydrogen) atoms. The molecule has 0 unspecified atom stereocenters. The third kappa shape index (κ3) is 3.05. The van der Waals surface area contributed by atoms with Gasteiger partial charge in [-0.25, -0.2) is 9.78 Å². The lowest BCUT2D eigenvalue weighted by Crippen LogP contribution is -1.97. The number of nitrogens with zero attached hydrogens (tertiary/aromatic N) is 1. The fourth-order valence-electron chi connectivity index (χ4n) is 1.14. The Morgan fingerprint density at radius 1 is 1.41 bits per heavy atom. The van der Waals surface area contributed by atoms with Crippen molar-refractivity contribution in [1.29, 1.82) is 0 Å². The molecule has 0 radical (unpaired) electrons. The van der Waals surface area contributed by atoms with Crippen LogP contribution in [0.4, 0.5) is 10.8 Å². The van der Waals surface area contributed by atoms with Gasteiger partial charge < -0.3 is 10.4 Å². The van der Waals surface area contributed by atoms with E-state index in [9.17, 15) is 4.79 Å². The highest BCUT2D eigenvalue weighted by atomic mass is 79.9. The highest BCUT2D eigenvalue weighted by Crippen LogP contribution is 2.30. The third-order valence-electron chi connectivity index (χ3n) is 1.89. The molecule has 1 heterocycles. The zero-order valence-electron chi connectivity index (χ0n) is 8.28. The first kappa shape index (κ1) is 12.5. The number of hydrogen-bond donors (Lipinski definition) is 2. The fourth-order valence-corrected chi connectivity index (χ4v) is 2.54. The summed E-state index contributed by atoms with van der Waals surface area (Å²) in [6.45, 7) is 0. The second-order valence-electron chi connectivity index (χ2n) is 3.09. The first-order valence-electron chi connectivity index (χ1n) is 4.47. The maximum absolute atomic E-state index is 10.7. The SMILES string of the molecule is O=C(O)c1csc(Nc2cc(Br)ccc2Br)n1. The van der Waals surface area contributed by atoms with Crippen LogP contribution < -0.4 is 5.32 Å². The number of halogens is 2. The normalized spacial score (nSPS) is 10.2. The minimum Gasteiger partial charge on any atom is -0.476 e. The van der Waals surface area contributed by atoms with Gasteiger partial charge in [-0.2, -0.15) is 0 Å². The molecular formula is C10H6Br2N2O2S. The number of nitrogens with one attached hydrogen (secondary N) is 1. The number of aromatic carboxylic acids is 1. The van der Waals surface area contributed by atoms with Crippen molar-refractivity contribution in [2.24, 2.45) is 0 Å². The predicted molar refractivity (Wildman–Crippen MR) is 74.2 cm³/mol. The molecule has 0 aliphatic rings. The van der Waals surface area contributed by atoms with Crippen molar-refractivity contribution in [3.63, 3.8) is 0 Å². The van der Waals surface area contributed by atoms with Crippen LogP contribution in [0.3, 0.4) is 0 Å². The van der Waals surface area contributed by atoms with Crippen molar-refractivity contribution in [2.75, 3.05) is 5.32 Å². The van der Waals surface area contributed by atoms with Crippen molar-refractivity contribution in [1.82, 2.24) is 4.98 Å².